The molecule has 6 nitrogen and oxygen atoms in total. The van der Waals surface area contributed by atoms with Gasteiger partial charge in [-0.25, -0.2) is 4.98 Å². The maximum absolute atomic E-state index is 12.2. The molecular weight excluding hydrogens is 324 g/mol. The Kier molecular flexibility index (Phi) is 6.12. The van der Waals surface area contributed by atoms with Gasteiger partial charge in [-0.2, -0.15) is 0 Å². The van der Waals surface area contributed by atoms with Crippen molar-refractivity contribution >= 4 is 27.5 Å². The van der Waals surface area contributed by atoms with Crippen molar-refractivity contribution in [1.29, 1.82) is 0 Å². The molecule has 132 valence electrons. The topological polar surface area (TPSA) is 101 Å². The van der Waals surface area contributed by atoms with Crippen LogP contribution in [0.1, 0.15) is 43.0 Å². The standard InChI is InChI=1S/C17H26N4O2S/c1-9(2)7-12(8-18)19-14(22)6-5-13-20-16(23)15-10(3)11(4)24-17(15)21-13/h9,12H,5-8,18H2,1-4H3,(H,19,22)(H,20,21,23). The fraction of sp³-hybridized carbons (Fsp3) is 0.588. The number of nitrogens with zero attached hydrogens (tertiary/aromatic N) is 1. The van der Waals surface area contributed by atoms with Gasteiger partial charge in [0.1, 0.15) is 10.7 Å². The lowest BCUT2D eigenvalue weighted by Crippen LogP contribution is -2.41. The number of carbonyl (C=O) groups excluding carboxylic acids is 1. The molecule has 4 N–H and O–H groups in total. The number of carbonyl (C=O) groups is 1. The molecule has 1 amide bonds. The highest BCUT2D eigenvalue weighted by atomic mass is 32.1. The van der Waals surface area contributed by atoms with Crippen LogP contribution in [0.3, 0.4) is 0 Å². The molecule has 0 spiro atoms. The Morgan fingerprint density at radius 2 is 2.08 bits per heavy atom. The monoisotopic (exact) mass is 350 g/mol. The summed E-state index contributed by atoms with van der Waals surface area (Å²) in [6, 6.07) is -0.00502. The minimum absolute atomic E-state index is 0.00502. The lowest BCUT2D eigenvalue weighted by atomic mass is 10.0. The van der Waals surface area contributed by atoms with Gasteiger partial charge in [0.25, 0.3) is 5.56 Å². The summed E-state index contributed by atoms with van der Waals surface area (Å²) in [6.07, 6.45) is 1.55. The van der Waals surface area contributed by atoms with Gasteiger partial charge in [-0.05, 0) is 31.7 Å². The van der Waals surface area contributed by atoms with Crippen molar-refractivity contribution in [3.05, 3.63) is 26.6 Å². The highest BCUT2D eigenvalue weighted by Gasteiger charge is 2.15. The van der Waals surface area contributed by atoms with Crippen LogP contribution in [-0.2, 0) is 11.2 Å². The summed E-state index contributed by atoms with van der Waals surface area (Å²) >= 11 is 1.51. The van der Waals surface area contributed by atoms with Crippen LogP contribution >= 0.6 is 11.3 Å². The second-order valence-electron chi connectivity index (χ2n) is 6.61. The number of thiophene rings is 1. The molecule has 1 atom stereocenters. The lowest BCUT2D eigenvalue weighted by molar-refractivity contribution is -0.121. The molecular formula is C17H26N4O2S. The molecule has 0 aliphatic rings. The Morgan fingerprint density at radius 3 is 2.71 bits per heavy atom. The first-order chi connectivity index (χ1) is 11.3. The van der Waals surface area contributed by atoms with E-state index in [1.807, 2.05) is 13.8 Å². The van der Waals surface area contributed by atoms with Crippen molar-refractivity contribution in [2.45, 2.75) is 53.0 Å². The number of fused-ring (bicyclic) bond motifs is 1. The second kappa shape index (κ2) is 7.90. The number of nitrogens with one attached hydrogen (secondary N) is 2. The molecule has 2 rings (SSSR count). The number of rotatable bonds is 7. The summed E-state index contributed by atoms with van der Waals surface area (Å²) in [7, 11) is 0. The number of aromatic nitrogens is 2. The van der Waals surface area contributed by atoms with Gasteiger partial charge >= 0.3 is 0 Å². The first kappa shape index (κ1) is 18.6. The minimum atomic E-state index is -0.128. The number of hydrogen-bond donors (Lipinski definition) is 3. The van der Waals surface area contributed by atoms with Gasteiger partial charge in [0.2, 0.25) is 5.91 Å². The highest BCUT2D eigenvalue weighted by molar-refractivity contribution is 7.18. The first-order valence-corrected chi connectivity index (χ1v) is 9.11. The normalized spacial score (nSPS) is 12.8. The van der Waals surface area contributed by atoms with E-state index in [1.54, 1.807) is 0 Å². The highest BCUT2D eigenvalue weighted by Crippen LogP contribution is 2.25. The zero-order chi connectivity index (χ0) is 17.9. The number of H-pyrrole nitrogens is 1. The second-order valence-corrected chi connectivity index (χ2v) is 7.81. The van der Waals surface area contributed by atoms with Gasteiger partial charge < -0.3 is 16.0 Å². The summed E-state index contributed by atoms with van der Waals surface area (Å²) in [5.74, 6) is 0.967. The van der Waals surface area contributed by atoms with E-state index in [0.29, 0.717) is 30.1 Å². The molecule has 0 aliphatic heterocycles. The van der Waals surface area contributed by atoms with Crippen molar-refractivity contribution in [3.8, 4) is 0 Å². The van der Waals surface area contributed by atoms with Gasteiger partial charge in [-0.1, -0.05) is 13.8 Å². The average Bonchev–Trinajstić information content (AvgIpc) is 2.79. The predicted octanol–water partition coefficient (Wildman–Crippen LogP) is 2.02. The SMILES string of the molecule is Cc1sc2nc(CCC(=O)NC(CN)CC(C)C)[nH]c(=O)c2c1C. The van der Waals surface area contributed by atoms with E-state index in [4.69, 9.17) is 5.73 Å². The number of amides is 1. The Balaban J connectivity index is 2.03. The Bertz CT molecular complexity index is 779. The van der Waals surface area contributed by atoms with Crippen LogP contribution < -0.4 is 16.6 Å². The van der Waals surface area contributed by atoms with Crippen molar-refractivity contribution in [2.75, 3.05) is 6.54 Å². The van der Waals surface area contributed by atoms with Gasteiger partial charge in [0.05, 0.1) is 5.39 Å². The number of hydrogen-bond acceptors (Lipinski definition) is 5. The van der Waals surface area contributed by atoms with Crippen LogP contribution in [0.5, 0.6) is 0 Å². The molecule has 0 saturated heterocycles. The molecule has 7 heteroatoms. The smallest absolute Gasteiger partial charge is 0.259 e. The Morgan fingerprint density at radius 1 is 1.38 bits per heavy atom. The molecule has 0 bridgehead atoms. The van der Waals surface area contributed by atoms with Crippen molar-refractivity contribution < 1.29 is 4.79 Å². The molecule has 0 saturated carbocycles. The van der Waals surface area contributed by atoms with Gasteiger partial charge in [-0.15, -0.1) is 11.3 Å². The van der Waals surface area contributed by atoms with Crippen LogP contribution in [0.4, 0.5) is 0 Å². The molecule has 1 unspecified atom stereocenters. The van der Waals surface area contributed by atoms with Crippen LogP contribution in [0.2, 0.25) is 0 Å². The van der Waals surface area contributed by atoms with Crippen LogP contribution in [0, 0.1) is 19.8 Å². The zero-order valence-corrected chi connectivity index (χ0v) is 15.5. The van der Waals surface area contributed by atoms with Crippen LogP contribution in [0.15, 0.2) is 4.79 Å². The van der Waals surface area contributed by atoms with E-state index in [-0.39, 0.29) is 23.9 Å². The summed E-state index contributed by atoms with van der Waals surface area (Å²) in [6.45, 7) is 8.54. The molecule has 0 radical (unpaired) electrons. The maximum atomic E-state index is 12.2. The van der Waals surface area contributed by atoms with E-state index < -0.39 is 0 Å². The summed E-state index contributed by atoms with van der Waals surface area (Å²) in [4.78, 5) is 33.4. The number of aromatic amines is 1. The molecule has 2 heterocycles. The Hall–Kier alpha value is -1.73. The number of aryl methyl sites for hydroxylation is 3. The first-order valence-electron chi connectivity index (χ1n) is 8.30. The van der Waals surface area contributed by atoms with Gasteiger partial charge in [0, 0.05) is 30.3 Å². The molecule has 0 aromatic carbocycles. The summed E-state index contributed by atoms with van der Waals surface area (Å²) in [5, 5.41) is 3.61. The third-order valence-corrected chi connectivity index (χ3v) is 5.18. The molecule has 0 aliphatic carbocycles. The predicted molar refractivity (Wildman–Crippen MR) is 98.5 cm³/mol. The van der Waals surface area contributed by atoms with Gasteiger partial charge in [-0.3, -0.25) is 9.59 Å². The van der Waals surface area contributed by atoms with Gasteiger partial charge in [0.15, 0.2) is 0 Å². The molecule has 2 aromatic heterocycles. The van der Waals surface area contributed by atoms with Crippen LogP contribution in [-0.4, -0.2) is 28.5 Å². The lowest BCUT2D eigenvalue weighted by Gasteiger charge is -2.18. The van der Waals surface area contributed by atoms with E-state index in [2.05, 4.69) is 29.1 Å². The largest absolute Gasteiger partial charge is 0.352 e. The fourth-order valence-electron chi connectivity index (χ4n) is 2.73. The van der Waals surface area contributed by atoms with E-state index in [9.17, 15) is 9.59 Å². The van der Waals surface area contributed by atoms with E-state index >= 15 is 0 Å². The molecule has 24 heavy (non-hydrogen) atoms. The average molecular weight is 350 g/mol. The summed E-state index contributed by atoms with van der Waals surface area (Å²) < 4.78 is 0. The van der Waals surface area contributed by atoms with Crippen LogP contribution in [0.25, 0.3) is 10.2 Å². The summed E-state index contributed by atoms with van der Waals surface area (Å²) in [5.41, 5.74) is 6.55. The molecule has 0 fully saturated rings. The van der Waals surface area contributed by atoms with Crippen molar-refractivity contribution in [1.82, 2.24) is 15.3 Å². The number of nitrogens with two attached hydrogens (primary N) is 1. The fourth-order valence-corrected chi connectivity index (χ4v) is 3.78. The third-order valence-electron chi connectivity index (χ3n) is 4.08. The van der Waals surface area contributed by atoms with Crippen molar-refractivity contribution in [3.63, 3.8) is 0 Å². The third kappa shape index (κ3) is 4.42. The molecule has 2 aromatic rings. The van der Waals surface area contributed by atoms with Crippen molar-refractivity contribution in [2.24, 2.45) is 11.7 Å². The maximum Gasteiger partial charge on any atom is 0.259 e. The zero-order valence-electron chi connectivity index (χ0n) is 14.7. The quantitative estimate of drug-likeness (QED) is 0.711. The van der Waals surface area contributed by atoms with E-state index in [1.165, 1.54) is 11.3 Å². The minimum Gasteiger partial charge on any atom is -0.352 e. The Labute approximate surface area is 145 Å². The van der Waals surface area contributed by atoms with E-state index in [0.717, 1.165) is 21.7 Å².